The number of aromatic hydroxyl groups is 1. The van der Waals surface area contributed by atoms with E-state index in [1.165, 1.54) is 10.9 Å². The van der Waals surface area contributed by atoms with Gasteiger partial charge in [-0.05, 0) is 48.2 Å². The van der Waals surface area contributed by atoms with Gasteiger partial charge in [0.05, 0.1) is 0 Å². The van der Waals surface area contributed by atoms with Crippen LogP contribution in [0, 0.1) is 20.8 Å². The Kier molecular flexibility index (Phi) is 1.95. The topological polar surface area (TPSA) is 20.2 Å². The fraction of sp³-hybridized carbons (Fsp3) is 0.231. The maximum Gasteiger partial charge on any atom is 0.122 e. The molecule has 0 aromatic heterocycles. The van der Waals surface area contributed by atoms with Crippen molar-refractivity contribution in [3.63, 3.8) is 0 Å². The van der Waals surface area contributed by atoms with E-state index in [1.54, 1.807) is 0 Å². The summed E-state index contributed by atoms with van der Waals surface area (Å²) < 4.78 is 0. The van der Waals surface area contributed by atoms with Gasteiger partial charge in [-0.15, -0.1) is 0 Å². The third-order valence-electron chi connectivity index (χ3n) is 3.01. The minimum atomic E-state index is 0.432. The predicted molar refractivity (Wildman–Crippen MR) is 59.8 cm³/mol. The Morgan fingerprint density at radius 1 is 0.786 bits per heavy atom. The molecule has 0 fully saturated rings. The van der Waals surface area contributed by atoms with Gasteiger partial charge in [-0.25, -0.2) is 0 Å². The van der Waals surface area contributed by atoms with Crippen LogP contribution in [0.1, 0.15) is 16.7 Å². The summed E-state index contributed by atoms with van der Waals surface area (Å²) >= 11 is 0. The Morgan fingerprint density at radius 2 is 1.29 bits per heavy atom. The van der Waals surface area contributed by atoms with Gasteiger partial charge in [0.25, 0.3) is 0 Å². The van der Waals surface area contributed by atoms with Crippen molar-refractivity contribution in [2.45, 2.75) is 20.8 Å². The van der Waals surface area contributed by atoms with Gasteiger partial charge in [0.1, 0.15) is 5.75 Å². The fourth-order valence-corrected chi connectivity index (χ4v) is 1.93. The molecule has 1 heteroatoms. The maximum atomic E-state index is 9.89. The summed E-state index contributed by atoms with van der Waals surface area (Å²) in [4.78, 5) is 0. The molecule has 0 spiro atoms. The highest BCUT2D eigenvalue weighted by Crippen LogP contribution is 2.33. The number of hydrogen-bond donors (Lipinski definition) is 1. The van der Waals surface area contributed by atoms with Crippen molar-refractivity contribution >= 4 is 10.8 Å². The SMILES string of the molecule is Cc1c(O)c(C)c2ccccc2c1C. The lowest BCUT2D eigenvalue weighted by atomic mass is 9.96. The number of phenols is 1. The van der Waals surface area contributed by atoms with Gasteiger partial charge in [0, 0.05) is 0 Å². The third-order valence-corrected chi connectivity index (χ3v) is 3.01. The number of aryl methyl sites for hydroxylation is 2. The van der Waals surface area contributed by atoms with Crippen LogP contribution in [0.5, 0.6) is 5.75 Å². The molecule has 1 nitrogen and oxygen atoms in total. The molecule has 2 aromatic rings. The van der Waals surface area contributed by atoms with Crippen molar-refractivity contribution < 1.29 is 5.11 Å². The minimum Gasteiger partial charge on any atom is -0.507 e. The second kappa shape index (κ2) is 3.02. The first kappa shape index (κ1) is 9.07. The summed E-state index contributed by atoms with van der Waals surface area (Å²) in [6, 6.07) is 8.19. The number of rotatable bonds is 0. The summed E-state index contributed by atoms with van der Waals surface area (Å²) in [6.07, 6.45) is 0. The summed E-state index contributed by atoms with van der Waals surface area (Å²) in [5, 5.41) is 12.3. The molecule has 0 saturated carbocycles. The van der Waals surface area contributed by atoms with Gasteiger partial charge in [-0.3, -0.25) is 0 Å². The summed E-state index contributed by atoms with van der Waals surface area (Å²) in [7, 11) is 0. The molecule has 0 unspecified atom stereocenters. The molecule has 0 bridgehead atoms. The predicted octanol–water partition coefficient (Wildman–Crippen LogP) is 3.47. The highest BCUT2D eigenvalue weighted by Gasteiger charge is 2.09. The van der Waals surface area contributed by atoms with Crippen LogP contribution in [0.2, 0.25) is 0 Å². The first-order valence-corrected chi connectivity index (χ1v) is 4.80. The van der Waals surface area contributed by atoms with Crippen LogP contribution in [0.3, 0.4) is 0 Å². The quantitative estimate of drug-likeness (QED) is 0.668. The van der Waals surface area contributed by atoms with Crippen molar-refractivity contribution in [2.24, 2.45) is 0 Å². The van der Waals surface area contributed by atoms with Gasteiger partial charge >= 0.3 is 0 Å². The van der Waals surface area contributed by atoms with E-state index in [1.807, 2.05) is 26.0 Å². The first-order chi connectivity index (χ1) is 6.63. The van der Waals surface area contributed by atoms with Gasteiger partial charge in [-0.2, -0.15) is 0 Å². The fourth-order valence-electron chi connectivity index (χ4n) is 1.93. The Morgan fingerprint density at radius 3 is 1.86 bits per heavy atom. The van der Waals surface area contributed by atoms with Crippen LogP contribution in [0.25, 0.3) is 10.8 Å². The second-order valence-corrected chi connectivity index (χ2v) is 3.77. The highest BCUT2D eigenvalue weighted by atomic mass is 16.3. The molecule has 2 aromatic carbocycles. The van der Waals surface area contributed by atoms with Crippen LogP contribution in [0.4, 0.5) is 0 Å². The van der Waals surface area contributed by atoms with Crippen LogP contribution in [-0.2, 0) is 0 Å². The van der Waals surface area contributed by atoms with Gasteiger partial charge in [0.15, 0.2) is 0 Å². The zero-order valence-electron chi connectivity index (χ0n) is 8.76. The zero-order valence-corrected chi connectivity index (χ0v) is 8.76. The van der Waals surface area contributed by atoms with Gasteiger partial charge < -0.3 is 5.11 Å². The molecule has 72 valence electrons. The Balaban J connectivity index is 3.02. The third kappa shape index (κ3) is 1.09. The van der Waals surface area contributed by atoms with Gasteiger partial charge in [-0.1, -0.05) is 24.3 Å². The van der Waals surface area contributed by atoms with E-state index in [0.29, 0.717) is 5.75 Å². The molecule has 0 amide bonds. The molecule has 0 aliphatic heterocycles. The Hall–Kier alpha value is -1.50. The molecule has 0 saturated heterocycles. The first-order valence-electron chi connectivity index (χ1n) is 4.80. The number of benzene rings is 2. The highest BCUT2D eigenvalue weighted by molar-refractivity contribution is 5.91. The average molecular weight is 186 g/mol. The van der Waals surface area contributed by atoms with Crippen molar-refractivity contribution in [3.8, 4) is 5.75 Å². The Bertz CT molecular complexity index is 452. The lowest BCUT2D eigenvalue weighted by molar-refractivity contribution is 0.467. The molecule has 0 atom stereocenters. The van der Waals surface area contributed by atoms with Crippen molar-refractivity contribution in [3.05, 3.63) is 41.0 Å². The van der Waals surface area contributed by atoms with E-state index in [9.17, 15) is 5.11 Å². The van der Waals surface area contributed by atoms with E-state index < -0.39 is 0 Å². The summed E-state index contributed by atoms with van der Waals surface area (Å²) in [5.74, 6) is 0.432. The lowest BCUT2D eigenvalue weighted by Crippen LogP contribution is -1.89. The smallest absolute Gasteiger partial charge is 0.122 e. The standard InChI is InChI=1S/C13H14O/c1-8-9(2)13(14)10(3)12-7-5-4-6-11(8)12/h4-7,14H,1-3H3. The number of fused-ring (bicyclic) bond motifs is 1. The minimum absolute atomic E-state index is 0.432. The van der Waals surface area contributed by atoms with Crippen LogP contribution < -0.4 is 0 Å². The largest absolute Gasteiger partial charge is 0.507 e. The van der Waals surface area contributed by atoms with Crippen LogP contribution >= 0.6 is 0 Å². The van der Waals surface area contributed by atoms with Crippen LogP contribution in [-0.4, -0.2) is 5.11 Å². The maximum absolute atomic E-state index is 9.89. The molecular weight excluding hydrogens is 172 g/mol. The number of hydrogen-bond acceptors (Lipinski definition) is 1. The molecule has 1 N–H and O–H groups in total. The van der Waals surface area contributed by atoms with Gasteiger partial charge in [0.2, 0.25) is 0 Å². The van der Waals surface area contributed by atoms with Crippen molar-refractivity contribution in [2.75, 3.05) is 0 Å². The summed E-state index contributed by atoms with van der Waals surface area (Å²) in [5.41, 5.74) is 3.13. The molecule has 0 aliphatic rings. The average Bonchev–Trinajstić information content (AvgIpc) is 2.23. The van der Waals surface area contributed by atoms with Crippen molar-refractivity contribution in [1.82, 2.24) is 0 Å². The molecule has 0 heterocycles. The molecule has 14 heavy (non-hydrogen) atoms. The number of phenolic OH excluding ortho intramolecular Hbond substituents is 1. The van der Waals surface area contributed by atoms with E-state index in [4.69, 9.17) is 0 Å². The lowest BCUT2D eigenvalue weighted by Gasteiger charge is -2.11. The van der Waals surface area contributed by atoms with E-state index >= 15 is 0 Å². The van der Waals surface area contributed by atoms with Crippen LogP contribution in [0.15, 0.2) is 24.3 Å². The molecular formula is C13H14O. The summed E-state index contributed by atoms with van der Waals surface area (Å²) in [6.45, 7) is 5.98. The Labute approximate surface area is 84.0 Å². The monoisotopic (exact) mass is 186 g/mol. The normalized spacial score (nSPS) is 10.8. The van der Waals surface area contributed by atoms with E-state index in [0.717, 1.165) is 16.5 Å². The molecule has 0 aliphatic carbocycles. The van der Waals surface area contributed by atoms with E-state index in [-0.39, 0.29) is 0 Å². The second-order valence-electron chi connectivity index (χ2n) is 3.77. The van der Waals surface area contributed by atoms with E-state index in [2.05, 4.69) is 19.1 Å². The molecule has 2 rings (SSSR count). The molecule has 0 radical (unpaired) electrons. The van der Waals surface area contributed by atoms with Crippen molar-refractivity contribution in [1.29, 1.82) is 0 Å². The zero-order chi connectivity index (χ0) is 10.3.